The van der Waals surface area contributed by atoms with Gasteiger partial charge in [-0.1, -0.05) is 42.1 Å². The molecule has 0 amide bonds. The summed E-state index contributed by atoms with van der Waals surface area (Å²) in [5, 5.41) is 4.60. The lowest BCUT2D eigenvalue weighted by Gasteiger charge is -2.31. The van der Waals surface area contributed by atoms with Crippen molar-refractivity contribution >= 4 is 29.1 Å². The normalized spacial score (nSPS) is 12.6. The fourth-order valence-electron chi connectivity index (χ4n) is 3.09. The van der Waals surface area contributed by atoms with Crippen LogP contribution in [0, 0.1) is 0 Å². The number of pyridine rings is 1. The molecule has 2 aromatic heterocycles. The van der Waals surface area contributed by atoms with Crippen LogP contribution in [-0.4, -0.2) is 19.7 Å². The molecule has 1 aliphatic rings. The molecular weight excluding hydrogens is 342 g/mol. The van der Waals surface area contributed by atoms with E-state index in [0.717, 1.165) is 23.0 Å². The van der Waals surface area contributed by atoms with Crippen LogP contribution in [0.5, 0.6) is 0 Å². The molecule has 0 spiro atoms. The van der Waals surface area contributed by atoms with Crippen molar-refractivity contribution in [2.75, 3.05) is 4.90 Å². The van der Waals surface area contributed by atoms with E-state index in [4.69, 9.17) is 4.98 Å². The van der Waals surface area contributed by atoms with Gasteiger partial charge in [0, 0.05) is 23.0 Å². The van der Waals surface area contributed by atoms with Crippen LogP contribution in [0.4, 0.5) is 17.3 Å². The number of fused-ring (bicyclic) bond motifs is 2. The molecule has 0 saturated heterocycles. The Morgan fingerprint density at radius 3 is 2.12 bits per heavy atom. The van der Waals surface area contributed by atoms with Gasteiger partial charge in [0.1, 0.15) is 5.69 Å². The summed E-state index contributed by atoms with van der Waals surface area (Å²) in [6.45, 7) is 0. The summed E-state index contributed by atoms with van der Waals surface area (Å²) >= 11 is 1.78. The lowest BCUT2D eigenvalue weighted by Crippen LogP contribution is -2.18. The second-order valence-corrected chi connectivity index (χ2v) is 7.03. The topological polar surface area (TPSA) is 46.8 Å². The maximum atomic E-state index is 4.81. The summed E-state index contributed by atoms with van der Waals surface area (Å²) < 4.78 is 1.81. The zero-order chi connectivity index (χ0) is 17.5. The van der Waals surface area contributed by atoms with Crippen LogP contribution in [0.1, 0.15) is 0 Å². The number of anilines is 3. The summed E-state index contributed by atoms with van der Waals surface area (Å²) in [5.41, 5.74) is 2.99. The van der Waals surface area contributed by atoms with Crippen LogP contribution in [0.25, 0.3) is 11.5 Å². The lowest BCUT2D eigenvalue weighted by molar-refractivity contribution is 0.762. The molecule has 0 bridgehead atoms. The Bertz CT molecular complexity index is 1040. The average Bonchev–Trinajstić information content (AvgIpc) is 3.08. The second-order valence-electron chi connectivity index (χ2n) is 5.95. The third kappa shape index (κ3) is 2.38. The van der Waals surface area contributed by atoms with Crippen molar-refractivity contribution < 1.29 is 0 Å². The molecule has 5 rings (SSSR count). The molecule has 5 nitrogen and oxygen atoms in total. The smallest absolute Gasteiger partial charge is 0.233 e. The number of hydrogen-bond donors (Lipinski definition) is 0. The van der Waals surface area contributed by atoms with Crippen molar-refractivity contribution in [1.82, 2.24) is 19.7 Å². The van der Waals surface area contributed by atoms with E-state index in [-0.39, 0.29) is 0 Å². The van der Waals surface area contributed by atoms with Crippen molar-refractivity contribution in [2.24, 2.45) is 7.05 Å². The number of hydrogen-bond acceptors (Lipinski definition) is 5. The summed E-state index contributed by atoms with van der Waals surface area (Å²) in [5.74, 6) is 1.39. The van der Waals surface area contributed by atoms with Gasteiger partial charge in [0.05, 0.1) is 11.4 Å². The first kappa shape index (κ1) is 15.2. The maximum Gasteiger partial charge on any atom is 0.233 e. The Morgan fingerprint density at radius 2 is 1.46 bits per heavy atom. The monoisotopic (exact) mass is 357 g/mol. The fraction of sp³-hybridized carbons (Fsp3) is 0.0500. The van der Waals surface area contributed by atoms with Gasteiger partial charge in [-0.15, -0.1) is 5.10 Å². The molecule has 3 heterocycles. The van der Waals surface area contributed by atoms with Crippen LogP contribution >= 0.6 is 11.8 Å². The summed E-state index contributed by atoms with van der Waals surface area (Å²) in [6.07, 6.45) is 1.76. The van der Waals surface area contributed by atoms with Gasteiger partial charge in [0.2, 0.25) is 11.8 Å². The first-order valence-electron chi connectivity index (χ1n) is 8.30. The fourth-order valence-corrected chi connectivity index (χ4v) is 4.15. The van der Waals surface area contributed by atoms with Crippen molar-refractivity contribution in [2.45, 2.75) is 9.79 Å². The van der Waals surface area contributed by atoms with E-state index in [1.807, 2.05) is 29.9 Å². The number of benzene rings is 2. The van der Waals surface area contributed by atoms with Gasteiger partial charge in [0.25, 0.3) is 0 Å². The van der Waals surface area contributed by atoms with E-state index in [1.165, 1.54) is 9.79 Å². The molecular formula is C20H15N5S. The molecule has 0 aliphatic carbocycles. The summed E-state index contributed by atoms with van der Waals surface area (Å²) in [4.78, 5) is 13.8. The van der Waals surface area contributed by atoms with E-state index >= 15 is 0 Å². The molecule has 0 fully saturated rings. The van der Waals surface area contributed by atoms with Gasteiger partial charge in [-0.05, 0) is 36.4 Å². The summed E-state index contributed by atoms with van der Waals surface area (Å²) in [7, 11) is 1.92. The van der Waals surface area contributed by atoms with Gasteiger partial charge in [0.15, 0.2) is 0 Å². The highest BCUT2D eigenvalue weighted by atomic mass is 32.2. The van der Waals surface area contributed by atoms with Crippen LogP contribution in [-0.2, 0) is 7.05 Å². The second kappa shape index (κ2) is 6.00. The minimum Gasteiger partial charge on any atom is -0.277 e. The summed E-state index contributed by atoms with van der Waals surface area (Å²) in [6, 6.07) is 22.5. The highest BCUT2D eigenvalue weighted by Gasteiger charge is 2.28. The van der Waals surface area contributed by atoms with Crippen molar-refractivity contribution in [3.8, 4) is 11.5 Å². The Kier molecular flexibility index (Phi) is 3.50. The average molecular weight is 357 g/mol. The number of aromatic nitrogens is 4. The third-order valence-corrected chi connectivity index (χ3v) is 5.40. The minimum absolute atomic E-state index is 0.622. The molecule has 0 saturated carbocycles. The van der Waals surface area contributed by atoms with Crippen molar-refractivity contribution in [3.63, 3.8) is 0 Å². The van der Waals surface area contributed by atoms with Gasteiger partial charge < -0.3 is 0 Å². The van der Waals surface area contributed by atoms with Gasteiger partial charge >= 0.3 is 0 Å². The first-order valence-corrected chi connectivity index (χ1v) is 9.11. The number of para-hydroxylation sites is 2. The number of nitrogens with zero attached hydrogens (tertiary/aromatic N) is 5. The molecule has 6 heteroatoms. The Hall–Kier alpha value is -3.12. The standard InChI is InChI=1S/C20H15N5S/c1-24-20(22-19(23-24)14-8-6-7-13-21-14)25-15-9-2-4-11-17(15)26-18-12-5-3-10-16(18)25/h2-13H,1H3. The molecule has 26 heavy (non-hydrogen) atoms. The van der Waals surface area contributed by atoms with Crippen LogP contribution in [0.3, 0.4) is 0 Å². The van der Waals surface area contributed by atoms with Crippen LogP contribution in [0.2, 0.25) is 0 Å². The predicted molar refractivity (Wildman–Crippen MR) is 103 cm³/mol. The molecule has 1 aliphatic heterocycles. The highest BCUT2D eigenvalue weighted by molar-refractivity contribution is 7.99. The van der Waals surface area contributed by atoms with Gasteiger partial charge in [-0.25, -0.2) is 4.68 Å². The molecule has 0 atom stereocenters. The molecule has 0 N–H and O–H groups in total. The Labute approximate surface area is 155 Å². The Balaban J connectivity index is 1.71. The van der Waals surface area contributed by atoms with Crippen LogP contribution in [0.15, 0.2) is 82.7 Å². The molecule has 2 aromatic carbocycles. The maximum absolute atomic E-state index is 4.81. The predicted octanol–water partition coefficient (Wildman–Crippen LogP) is 4.81. The van der Waals surface area contributed by atoms with E-state index < -0.39 is 0 Å². The quantitative estimate of drug-likeness (QED) is 0.454. The Morgan fingerprint density at radius 1 is 0.808 bits per heavy atom. The molecule has 4 aromatic rings. The van der Waals surface area contributed by atoms with E-state index in [0.29, 0.717) is 5.82 Å². The zero-order valence-electron chi connectivity index (χ0n) is 14.1. The van der Waals surface area contributed by atoms with Crippen molar-refractivity contribution in [3.05, 3.63) is 72.9 Å². The molecule has 0 radical (unpaired) electrons. The van der Waals surface area contributed by atoms with Crippen LogP contribution < -0.4 is 4.90 Å². The minimum atomic E-state index is 0.622. The number of rotatable bonds is 2. The molecule has 126 valence electrons. The number of aryl methyl sites for hydroxylation is 1. The first-order chi connectivity index (χ1) is 12.8. The lowest BCUT2D eigenvalue weighted by atomic mass is 10.2. The van der Waals surface area contributed by atoms with Gasteiger partial charge in [-0.3, -0.25) is 9.88 Å². The highest BCUT2D eigenvalue weighted by Crippen LogP contribution is 2.50. The van der Waals surface area contributed by atoms with Crippen molar-refractivity contribution in [1.29, 1.82) is 0 Å². The van der Waals surface area contributed by atoms with Gasteiger partial charge in [-0.2, -0.15) is 4.98 Å². The van der Waals surface area contributed by atoms with E-state index in [2.05, 4.69) is 63.5 Å². The largest absolute Gasteiger partial charge is 0.277 e. The molecule has 0 unspecified atom stereocenters. The zero-order valence-corrected chi connectivity index (χ0v) is 14.9. The van der Waals surface area contributed by atoms with E-state index in [9.17, 15) is 0 Å². The SMILES string of the molecule is Cn1nc(-c2ccccn2)nc1N1c2ccccc2Sc2ccccc21. The third-order valence-electron chi connectivity index (χ3n) is 4.27. The van der Waals surface area contributed by atoms with E-state index in [1.54, 1.807) is 18.0 Å².